The highest BCUT2D eigenvalue weighted by Gasteiger charge is 2.39. The average molecular weight is 350 g/mol. The molecule has 0 aromatic carbocycles. The molecule has 5 nitrogen and oxygen atoms in total. The number of carboxylic acids is 1. The molecule has 4 atom stereocenters. The Hall–Kier alpha value is -1.72. The number of unbranched alkanes of at least 4 members (excludes halogenated alkanes) is 1. The van der Waals surface area contributed by atoms with Crippen molar-refractivity contribution < 1.29 is 24.9 Å². The van der Waals surface area contributed by atoms with Crippen LogP contribution in [-0.4, -0.2) is 39.3 Å². The largest absolute Gasteiger partial charge is 0.481 e. The molecular formula is C20H30O5. The standard InChI is InChI=1S/C20H30O5/c1-2-3-6-9-15(21)12-13-17-16(18(22)14-19(17)23)10-7-4-5-8-11-20(24)25/h3-4,6-7,12-13,15-17,19,21,23H,2,5,8-11,14H2,1H3,(H,24,25)/t15-,16+,17+,19+/m0/s1. The highest BCUT2D eigenvalue weighted by Crippen LogP contribution is 2.33. The van der Waals surface area contributed by atoms with Gasteiger partial charge in [0.2, 0.25) is 0 Å². The van der Waals surface area contributed by atoms with Crippen molar-refractivity contribution in [1.29, 1.82) is 0 Å². The quantitative estimate of drug-likeness (QED) is 0.393. The SMILES string of the molecule is CCC=CC[C@H](O)C=C[C@H]1[C@H](O)CC(=O)[C@@H]1CC=CCCCC(=O)O. The lowest BCUT2D eigenvalue weighted by Gasteiger charge is -2.16. The first-order valence-corrected chi connectivity index (χ1v) is 9.04. The minimum absolute atomic E-state index is 0.0395. The van der Waals surface area contributed by atoms with E-state index in [9.17, 15) is 19.8 Å². The molecule has 1 fully saturated rings. The second-order valence-electron chi connectivity index (χ2n) is 6.48. The topological polar surface area (TPSA) is 94.8 Å². The summed E-state index contributed by atoms with van der Waals surface area (Å²) in [4.78, 5) is 22.5. The van der Waals surface area contributed by atoms with Crippen molar-refractivity contribution in [1.82, 2.24) is 0 Å². The third kappa shape index (κ3) is 8.27. The number of ketones is 1. The van der Waals surface area contributed by atoms with Crippen LogP contribution in [0.25, 0.3) is 0 Å². The van der Waals surface area contributed by atoms with Crippen molar-refractivity contribution in [2.75, 3.05) is 0 Å². The maximum absolute atomic E-state index is 12.1. The number of aliphatic hydroxyl groups is 2. The second kappa shape index (κ2) is 11.8. The van der Waals surface area contributed by atoms with Crippen molar-refractivity contribution in [2.24, 2.45) is 11.8 Å². The van der Waals surface area contributed by atoms with Gasteiger partial charge in [-0.05, 0) is 32.1 Å². The Kier molecular flexibility index (Phi) is 10.0. The van der Waals surface area contributed by atoms with Crippen molar-refractivity contribution in [2.45, 2.75) is 64.1 Å². The zero-order valence-corrected chi connectivity index (χ0v) is 14.9. The number of hydrogen-bond acceptors (Lipinski definition) is 4. The van der Waals surface area contributed by atoms with Gasteiger partial charge in [-0.25, -0.2) is 0 Å². The van der Waals surface area contributed by atoms with Crippen molar-refractivity contribution in [3.63, 3.8) is 0 Å². The van der Waals surface area contributed by atoms with E-state index in [1.807, 2.05) is 31.2 Å². The summed E-state index contributed by atoms with van der Waals surface area (Å²) in [6, 6.07) is 0. The first-order chi connectivity index (χ1) is 12.0. The van der Waals surface area contributed by atoms with Gasteiger partial charge in [-0.15, -0.1) is 0 Å². The lowest BCUT2D eigenvalue weighted by atomic mass is 9.90. The van der Waals surface area contributed by atoms with E-state index < -0.39 is 18.2 Å². The fourth-order valence-electron chi connectivity index (χ4n) is 3.00. The van der Waals surface area contributed by atoms with Gasteiger partial charge in [-0.2, -0.15) is 0 Å². The van der Waals surface area contributed by atoms with Gasteiger partial charge in [0.25, 0.3) is 0 Å². The molecule has 1 aliphatic rings. The summed E-state index contributed by atoms with van der Waals surface area (Å²) in [5, 5.41) is 28.6. The fourth-order valence-corrected chi connectivity index (χ4v) is 3.00. The van der Waals surface area contributed by atoms with E-state index in [0.29, 0.717) is 25.7 Å². The van der Waals surface area contributed by atoms with Gasteiger partial charge in [0.1, 0.15) is 5.78 Å². The lowest BCUT2D eigenvalue weighted by Crippen LogP contribution is -2.18. The molecule has 0 saturated heterocycles. The van der Waals surface area contributed by atoms with Crippen LogP contribution in [0.2, 0.25) is 0 Å². The smallest absolute Gasteiger partial charge is 0.303 e. The van der Waals surface area contributed by atoms with Crippen molar-refractivity contribution in [3.8, 4) is 0 Å². The number of carboxylic acid groups (broad SMARTS) is 1. The zero-order valence-electron chi connectivity index (χ0n) is 14.9. The van der Waals surface area contributed by atoms with E-state index in [0.717, 1.165) is 6.42 Å². The van der Waals surface area contributed by atoms with Crippen molar-refractivity contribution in [3.05, 3.63) is 36.5 Å². The maximum Gasteiger partial charge on any atom is 0.303 e. The van der Waals surface area contributed by atoms with Crippen LogP contribution in [0.1, 0.15) is 51.9 Å². The zero-order chi connectivity index (χ0) is 18.7. The Morgan fingerprint density at radius 1 is 1.28 bits per heavy atom. The van der Waals surface area contributed by atoms with Gasteiger partial charge in [0, 0.05) is 24.7 Å². The number of aliphatic carboxylic acids is 1. The minimum Gasteiger partial charge on any atom is -0.481 e. The molecule has 0 amide bonds. The first-order valence-electron chi connectivity index (χ1n) is 9.04. The Morgan fingerprint density at radius 3 is 2.72 bits per heavy atom. The number of aliphatic hydroxyl groups excluding tert-OH is 2. The molecule has 0 aromatic heterocycles. The first kappa shape index (κ1) is 21.3. The molecule has 0 aliphatic heterocycles. The molecule has 0 radical (unpaired) electrons. The van der Waals surface area contributed by atoms with Crippen LogP contribution >= 0.6 is 0 Å². The number of hydrogen-bond donors (Lipinski definition) is 3. The van der Waals surface area contributed by atoms with Crippen LogP contribution in [0.4, 0.5) is 0 Å². The molecular weight excluding hydrogens is 320 g/mol. The summed E-state index contributed by atoms with van der Waals surface area (Å²) in [6.45, 7) is 2.03. The minimum atomic E-state index is -0.806. The molecule has 0 aromatic rings. The highest BCUT2D eigenvalue weighted by molar-refractivity contribution is 5.84. The van der Waals surface area contributed by atoms with E-state index in [-0.39, 0.29) is 30.5 Å². The average Bonchev–Trinajstić information content (AvgIpc) is 2.82. The molecule has 25 heavy (non-hydrogen) atoms. The van der Waals surface area contributed by atoms with E-state index >= 15 is 0 Å². The predicted octanol–water partition coefficient (Wildman–Crippen LogP) is 3.03. The summed E-state index contributed by atoms with van der Waals surface area (Å²) in [5.41, 5.74) is 0. The van der Waals surface area contributed by atoms with Crippen molar-refractivity contribution >= 4 is 11.8 Å². The Morgan fingerprint density at radius 2 is 2.04 bits per heavy atom. The van der Waals surface area contributed by atoms with E-state index in [1.165, 1.54) is 0 Å². The molecule has 1 aliphatic carbocycles. The molecule has 5 heteroatoms. The third-order valence-electron chi connectivity index (χ3n) is 4.39. The molecule has 1 rings (SSSR count). The molecule has 0 heterocycles. The second-order valence-corrected chi connectivity index (χ2v) is 6.48. The summed E-state index contributed by atoms with van der Waals surface area (Å²) in [5.74, 6) is -1.32. The maximum atomic E-state index is 12.1. The number of carbonyl (C=O) groups excluding carboxylic acids is 1. The van der Waals surface area contributed by atoms with E-state index in [4.69, 9.17) is 5.11 Å². The molecule has 0 bridgehead atoms. The lowest BCUT2D eigenvalue weighted by molar-refractivity contribution is -0.137. The van der Waals surface area contributed by atoms with Crippen LogP contribution in [0.3, 0.4) is 0 Å². The Bertz CT molecular complexity index is 506. The Labute approximate surface area is 149 Å². The van der Waals surface area contributed by atoms with Gasteiger partial charge in [-0.1, -0.05) is 43.4 Å². The van der Waals surface area contributed by atoms with Crippen LogP contribution in [0.5, 0.6) is 0 Å². The van der Waals surface area contributed by atoms with E-state index in [1.54, 1.807) is 12.2 Å². The number of carbonyl (C=O) groups is 2. The fraction of sp³-hybridized carbons (Fsp3) is 0.600. The van der Waals surface area contributed by atoms with Gasteiger partial charge >= 0.3 is 5.97 Å². The number of rotatable bonds is 11. The molecule has 3 N–H and O–H groups in total. The van der Waals surface area contributed by atoms with Crippen LogP contribution in [0, 0.1) is 11.8 Å². The predicted molar refractivity (Wildman–Crippen MR) is 97.0 cm³/mol. The van der Waals surface area contributed by atoms with Gasteiger partial charge in [-0.3, -0.25) is 9.59 Å². The van der Waals surface area contributed by atoms with Crippen LogP contribution < -0.4 is 0 Å². The van der Waals surface area contributed by atoms with Gasteiger partial charge < -0.3 is 15.3 Å². The van der Waals surface area contributed by atoms with Gasteiger partial charge in [0.15, 0.2) is 0 Å². The molecule has 0 spiro atoms. The van der Waals surface area contributed by atoms with Crippen LogP contribution in [0.15, 0.2) is 36.5 Å². The monoisotopic (exact) mass is 350 g/mol. The summed E-state index contributed by atoms with van der Waals surface area (Å²) < 4.78 is 0. The van der Waals surface area contributed by atoms with E-state index in [2.05, 4.69) is 0 Å². The summed E-state index contributed by atoms with van der Waals surface area (Å²) >= 11 is 0. The van der Waals surface area contributed by atoms with Crippen LogP contribution in [-0.2, 0) is 9.59 Å². The van der Waals surface area contributed by atoms with Gasteiger partial charge in [0.05, 0.1) is 12.2 Å². The third-order valence-corrected chi connectivity index (χ3v) is 4.39. The number of Topliss-reactive ketones (excluding diaryl/α,β-unsaturated/α-hetero) is 1. The molecule has 140 valence electrons. The Balaban J connectivity index is 2.52. The number of allylic oxidation sites excluding steroid dienone is 3. The summed E-state index contributed by atoms with van der Waals surface area (Å²) in [7, 11) is 0. The molecule has 1 saturated carbocycles. The summed E-state index contributed by atoms with van der Waals surface area (Å²) in [6.07, 6.45) is 13.3. The molecule has 0 unspecified atom stereocenters. The normalized spacial score (nSPS) is 25.6. The highest BCUT2D eigenvalue weighted by atomic mass is 16.4.